The molecule has 2 atom stereocenters. The third-order valence-corrected chi connectivity index (χ3v) is 9.51. The van der Waals surface area contributed by atoms with Gasteiger partial charge in [0.1, 0.15) is 17.8 Å². The topological polar surface area (TPSA) is 151 Å². The number of rotatable bonds is 17. The van der Waals surface area contributed by atoms with Crippen LogP contribution in [0.15, 0.2) is 73.1 Å². The second-order valence-electron chi connectivity index (χ2n) is 13.0. The first-order valence-corrected chi connectivity index (χ1v) is 17.5. The third-order valence-electron chi connectivity index (χ3n) is 8.00. The van der Waals surface area contributed by atoms with E-state index in [9.17, 15) is 24.6 Å². The van der Waals surface area contributed by atoms with Crippen LogP contribution in [0.4, 0.5) is 0 Å². The largest absolute Gasteiger partial charge is 0.494 e. The molecule has 0 saturated heterocycles. The molecule has 2 aromatic carbocycles. The number of benzene rings is 2. The predicted octanol–water partition coefficient (Wildman–Crippen LogP) is 6.42. The van der Waals surface area contributed by atoms with Crippen molar-refractivity contribution in [1.29, 1.82) is 0 Å². The summed E-state index contributed by atoms with van der Waals surface area (Å²) in [5, 5.41) is 23.9. The van der Waals surface area contributed by atoms with Gasteiger partial charge in [0.2, 0.25) is 5.91 Å². The number of aliphatic hydroxyl groups excluding tert-OH is 1. The molecule has 4 rings (SSSR count). The summed E-state index contributed by atoms with van der Waals surface area (Å²) in [6, 6.07) is 16.2. The van der Waals surface area contributed by atoms with E-state index < -0.39 is 36.5 Å². The molecular weight excluding hydrogens is 641 g/mol. The maximum atomic E-state index is 13.2. The Hall–Kier alpha value is -4.61. The van der Waals surface area contributed by atoms with Crippen molar-refractivity contribution in [2.45, 2.75) is 83.7 Å². The smallest absolute Gasteiger partial charge is 0.328 e. The van der Waals surface area contributed by atoms with Crippen molar-refractivity contribution < 1.29 is 29.3 Å². The molecule has 2 aromatic heterocycles. The number of nitrogens with one attached hydrogen (secondary N) is 2. The van der Waals surface area contributed by atoms with Crippen LogP contribution in [-0.2, 0) is 21.4 Å². The minimum absolute atomic E-state index is 0.0888. The van der Waals surface area contributed by atoms with E-state index in [4.69, 9.17) is 4.74 Å². The summed E-state index contributed by atoms with van der Waals surface area (Å²) in [4.78, 5) is 48.4. The van der Waals surface area contributed by atoms with Crippen molar-refractivity contribution in [3.8, 4) is 28.3 Å². The molecule has 260 valence electrons. The van der Waals surface area contributed by atoms with Crippen LogP contribution in [0, 0.1) is 0 Å². The van der Waals surface area contributed by atoms with E-state index in [2.05, 4.69) is 27.5 Å². The van der Waals surface area contributed by atoms with Gasteiger partial charge in [0.25, 0.3) is 5.91 Å². The summed E-state index contributed by atoms with van der Waals surface area (Å²) in [6.07, 6.45) is 9.60. The number of aromatic nitrogens is 2. The summed E-state index contributed by atoms with van der Waals surface area (Å²) in [5.41, 5.74) is 3.20. The van der Waals surface area contributed by atoms with Gasteiger partial charge in [-0.15, -0.1) is 11.3 Å². The molecule has 0 radical (unpaired) electrons. The highest BCUT2D eigenvalue weighted by Gasteiger charge is 2.28. The van der Waals surface area contributed by atoms with Crippen molar-refractivity contribution in [2.24, 2.45) is 0 Å². The van der Waals surface area contributed by atoms with Gasteiger partial charge < -0.3 is 25.6 Å². The van der Waals surface area contributed by atoms with E-state index in [-0.39, 0.29) is 11.8 Å². The van der Waals surface area contributed by atoms with E-state index in [1.165, 1.54) is 37.0 Å². The fourth-order valence-electron chi connectivity index (χ4n) is 5.05. The average Bonchev–Trinajstić information content (AvgIpc) is 3.61. The molecule has 0 aliphatic carbocycles. The van der Waals surface area contributed by atoms with Gasteiger partial charge in [0.15, 0.2) is 5.82 Å². The monoisotopic (exact) mass is 686 g/mol. The first kappa shape index (κ1) is 37.2. The number of unbranched alkanes of at least 4 members (excludes halogenated alkanes) is 4. The Morgan fingerprint density at radius 2 is 1.47 bits per heavy atom. The summed E-state index contributed by atoms with van der Waals surface area (Å²) < 4.78 is 5.88. The maximum Gasteiger partial charge on any atom is 0.328 e. The molecule has 0 bridgehead atoms. The van der Waals surface area contributed by atoms with Crippen molar-refractivity contribution >= 4 is 29.1 Å². The number of aliphatic carboxylic acids is 1. The zero-order chi connectivity index (χ0) is 35.4. The normalized spacial score (nSPS) is 12.6. The van der Waals surface area contributed by atoms with Crippen molar-refractivity contribution in [2.75, 3.05) is 13.2 Å². The number of hydrogen-bond acceptors (Lipinski definition) is 8. The molecule has 0 fully saturated rings. The van der Waals surface area contributed by atoms with Crippen molar-refractivity contribution in [3.05, 3.63) is 88.4 Å². The summed E-state index contributed by atoms with van der Waals surface area (Å²) in [5.74, 6) is -1.17. The van der Waals surface area contributed by atoms with Crippen LogP contribution in [-0.4, -0.2) is 63.3 Å². The molecule has 0 aliphatic rings. The molecule has 0 unspecified atom stereocenters. The molecule has 11 heteroatoms. The molecule has 0 saturated carbocycles. The Morgan fingerprint density at radius 3 is 2.06 bits per heavy atom. The Balaban J connectivity index is 1.41. The molecule has 4 N–H and O–H groups in total. The second-order valence-corrected chi connectivity index (χ2v) is 14.1. The minimum atomic E-state index is -1.50. The quantitative estimate of drug-likeness (QED) is 0.0930. The Kier molecular flexibility index (Phi) is 13.4. The van der Waals surface area contributed by atoms with Gasteiger partial charge >= 0.3 is 5.97 Å². The van der Waals surface area contributed by atoms with Crippen molar-refractivity contribution in [3.63, 3.8) is 0 Å². The number of hydrogen-bond donors (Lipinski definition) is 4. The molecular formula is C38H46N4O6S. The predicted molar refractivity (Wildman–Crippen MR) is 192 cm³/mol. The van der Waals surface area contributed by atoms with Crippen LogP contribution in [0.3, 0.4) is 0 Å². The number of carbonyl (C=O) groups excluding carboxylic acids is 2. The van der Waals surface area contributed by atoms with E-state index in [1.54, 1.807) is 18.5 Å². The number of thiophene rings is 1. The summed E-state index contributed by atoms with van der Waals surface area (Å²) >= 11 is 1.34. The lowest BCUT2D eigenvalue weighted by molar-refractivity contribution is -0.143. The van der Waals surface area contributed by atoms with E-state index in [0.29, 0.717) is 17.3 Å². The Morgan fingerprint density at radius 1 is 0.816 bits per heavy atom. The zero-order valence-electron chi connectivity index (χ0n) is 28.6. The fraction of sp³-hybridized carbons (Fsp3) is 0.395. The second kappa shape index (κ2) is 17.7. The Labute approximate surface area is 292 Å². The summed E-state index contributed by atoms with van der Waals surface area (Å²) in [6.45, 7) is 8.28. The minimum Gasteiger partial charge on any atom is -0.494 e. The van der Waals surface area contributed by atoms with Crippen LogP contribution in [0.5, 0.6) is 5.75 Å². The van der Waals surface area contributed by atoms with E-state index in [0.717, 1.165) is 39.3 Å². The molecule has 4 aromatic rings. The lowest BCUT2D eigenvalue weighted by atomic mass is 9.95. The molecule has 49 heavy (non-hydrogen) atoms. The first-order valence-electron chi connectivity index (χ1n) is 16.7. The fourth-order valence-corrected chi connectivity index (χ4v) is 6.02. The standard InChI is InChI=1S/C38H46N4O6S/c1-5-6-7-8-9-20-48-29-16-14-26(15-17-29)28-22-39-34(40-23-28)27-12-10-25(11-13-27)21-30(35(44)42-31(24-43)37(46)47)41-36(45)32-18-19-33(49-32)38(2,3)4/h10-19,22-23,30-31,43H,5-9,20-21,24H2,1-4H3,(H,41,45)(H,42,44)(H,46,47)/t30-,31+/m1/s1. The van der Waals surface area contributed by atoms with Gasteiger partial charge in [0, 0.05) is 34.8 Å². The first-order chi connectivity index (χ1) is 23.5. The van der Waals surface area contributed by atoms with Crippen LogP contribution < -0.4 is 15.4 Å². The molecule has 0 spiro atoms. The lowest BCUT2D eigenvalue weighted by Crippen LogP contribution is -2.53. The van der Waals surface area contributed by atoms with Gasteiger partial charge in [-0.05, 0) is 47.2 Å². The highest BCUT2D eigenvalue weighted by atomic mass is 32.1. The maximum absolute atomic E-state index is 13.2. The zero-order valence-corrected chi connectivity index (χ0v) is 29.4. The van der Waals surface area contributed by atoms with Crippen LogP contribution in [0.2, 0.25) is 0 Å². The molecule has 0 aliphatic heterocycles. The lowest BCUT2D eigenvalue weighted by Gasteiger charge is -2.21. The van der Waals surface area contributed by atoms with Crippen LogP contribution in [0.25, 0.3) is 22.5 Å². The highest BCUT2D eigenvalue weighted by molar-refractivity contribution is 7.14. The van der Waals surface area contributed by atoms with Gasteiger partial charge in [0.05, 0.1) is 18.1 Å². The molecule has 10 nitrogen and oxygen atoms in total. The van der Waals surface area contributed by atoms with Crippen LogP contribution in [0.1, 0.15) is 79.9 Å². The van der Waals surface area contributed by atoms with Crippen molar-refractivity contribution in [1.82, 2.24) is 20.6 Å². The average molecular weight is 687 g/mol. The number of ether oxygens (including phenoxy) is 1. The van der Waals surface area contributed by atoms with Gasteiger partial charge in [-0.3, -0.25) is 9.59 Å². The number of carbonyl (C=O) groups is 3. The number of amides is 2. The van der Waals surface area contributed by atoms with Crippen LogP contribution >= 0.6 is 11.3 Å². The number of carboxylic acid groups (broad SMARTS) is 1. The van der Waals surface area contributed by atoms with E-state index >= 15 is 0 Å². The SMILES string of the molecule is CCCCCCCOc1ccc(-c2cnc(-c3ccc(C[C@@H](NC(=O)c4ccc(C(C)(C)C)s4)C(=O)N[C@@H](CO)C(=O)O)cc3)nc2)cc1. The third kappa shape index (κ3) is 11.0. The summed E-state index contributed by atoms with van der Waals surface area (Å²) in [7, 11) is 0. The van der Waals surface area contributed by atoms with Gasteiger partial charge in [-0.1, -0.05) is 89.8 Å². The van der Waals surface area contributed by atoms with E-state index in [1.807, 2.05) is 75.4 Å². The molecule has 2 heterocycles. The number of aliphatic hydroxyl groups is 1. The van der Waals surface area contributed by atoms with Gasteiger partial charge in [-0.2, -0.15) is 0 Å². The highest BCUT2D eigenvalue weighted by Crippen LogP contribution is 2.29. The molecule has 2 amide bonds. The number of carboxylic acids is 1. The van der Waals surface area contributed by atoms with Gasteiger partial charge in [-0.25, -0.2) is 14.8 Å². The number of nitrogens with zero attached hydrogens (tertiary/aromatic N) is 2. The Bertz CT molecular complexity index is 1660.